The highest BCUT2D eigenvalue weighted by molar-refractivity contribution is 14.1. The molecule has 0 bridgehead atoms. The van der Waals surface area contributed by atoms with Gasteiger partial charge in [-0.2, -0.15) is 0 Å². The molecule has 0 heterocycles. The second-order valence-corrected chi connectivity index (χ2v) is 17.5. The Hall–Kier alpha value is -0.803. The van der Waals surface area contributed by atoms with Crippen LogP contribution in [0.25, 0.3) is 0 Å². The number of amides is 1. The number of carbonyl (C=O) groups is 1. The predicted molar refractivity (Wildman–Crippen MR) is 149 cm³/mol. The van der Waals surface area contributed by atoms with Crippen LogP contribution >= 0.6 is 45.8 Å². The van der Waals surface area contributed by atoms with Crippen LogP contribution in [-0.2, 0) is 9.16 Å². The van der Waals surface area contributed by atoms with Crippen LogP contribution in [-0.4, -0.2) is 20.0 Å². The highest BCUT2D eigenvalue weighted by Crippen LogP contribution is 2.44. The molecule has 8 heteroatoms. The van der Waals surface area contributed by atoms with Crippen molar-refractivity contribution in [3.05, 3.63) is 67.2 Å². The lowest BCUT2D eigenvalue weighted by molar-refractivity contribution is 0.0430. The van der Waals surface area contributed by atoms with Crippen LogP contribution in [0, 0.1) is 3.57 Å². The van der Waals surface area contributed by atoms with Gasteiger partial charge in [0.15, 0.2) is 8.32 Å². The molecule has 4 nitrogen and oxygen atoms in total. The monoisotopic (exact) mass is 621 g/mol. The Morgan fingerprint density at radius 3 is 1.97 bits per heavy atom. The van der Waals surface area contributed by atoms with Crippen molar-refractivity contribution < 1.29 is 14.0 Å². The Balaban J connectivity index is 2.62. The van der Waals surface area contributed by atoms with Crippen LogP contribution in [0.2, 0.25) is 28.2 Å². The first-order chi connectivity index (χ1) is 15.0. The Morgan fingerprint density at radius 2 is 1.48 bits per heavy atom. The highest BCUT2D eigenvalue weighted by Gasteiger charge is 2.42. The first kappa shape index (κ1) is 28.4. The second-order valence-electron chi connectivity index (χ2n) is 10.6. The molecule has 0 saturated carbocycles. The van der Waals surface area contributed by atoms with Crippen LogP contribution in [0.15, 0.2) is 42.5 Å². The fraction of sp³-hybridized carbons (Fsp3) is 0.480. The van der Waals surface area contributed by atoms with E-state index in [0.29, 0.717) is 10.0 Å². The van der Waals surface area contributed by atoms with Crippen molar-refractivity contribution in [3.8, 4) is 0 Å². The standard InChI is InChI=1S/C25H34Cl2INO3Si/c1-24(2,3)31-23(30)29-21(17-11-14-19(26)20(27)15-17)22(16-9-12-18(28)13-10-16)32-33(7,8)25(4,5)6/h9-15,21-22H,1-8H3,(H,29,30). The van der Waals surface area contributed by atoms with Crippen molar-refractivity contribution >= 4 is 60.2 Å². The average Bonchev–Trinajstić information content (AvgIpc) is 2.65. The van der Waals surface area contributed by atoms with Crippen LogP contribution in [0.3, 0.4) is 0 Å². The number of halogens is 3. The molecule has 2 rings (SSSR count). The summed E-state index contributed by atoms with van der Waals surface area (Å²) >= 11 is 14.8. The van der Waals surface area contributed by atoms with E-state index in [0.717, 1.165) is 14.7 Å². The van der Waals surface area contributed by atoms with Gasteiger partial charge in [-0.1, -0.05) is 62.2 Å². The number of carbonyl (C=O) groups excluding carboxylic acids is 1. The van der Waals surface area contributed by atoms with E-state index in [2.05, 4.69) is 61.8 Å². The van der Waals surface area contributed by atoms with Crippen LogP contribution in [0.1, 0.15) is 64.8 Å². The maximum Gasteiger partial charge on any atom is 0.408 e. The largest absolute Gasteiger partial charge is 0.444 e. The number of nitrogens with one attached hydrogen (secondary N) is 1. The number of benzene rings is 2. The minimum absolute atomic E-state index is 0.0252. The molecule has 0 aliphatic carbocycles. The molecule has 0 saturated heterocycles. The summed E-state index contributed by atoms with van der Waals surface area (Å²) in [6, 6.07) is 13.0. The Bertz CT molecular complexity index is 969. The summed E-state index contributed by atoms with van der Waals surface area (Å²) in [5.41, 5.74) is 1.12. The van der Waals surface area contributed by atoms with Crippen molar-refractivity contribution in [2.75, 3.05) is 0 Å². The molecule has 1 amide bonds. The Morgan fingerprint density at radius 1 is 0.939 bits per heavy atom. The lowest BCUT2D eigenvalue weighted by atomic mass is 9.96. The fourth-order valence-corrected chi connectivity index (χ4v) is 4.88. The topological polar surface area (TPSA) is 47.6 Å². The number of rotatable bonds is 6. The van der Waals surface area contributed by atoms with Crippen LogP contribution in [0.4, 0.5) is 4.79 Å². The number of alkyl carbamates (subject to hydrolysis) is 1. The van der Waals surface area contributed by atoms with E-state index >= 15 is 0 Å². The van der Waals surface area contributed by atoms with Gasteiger partial charge in [-0.15, -0.1) is 0 Å². The summed E-state index contributed by atoms with van der Waals surface area (Å²) in [5.74, 6) is 0. The highest BCUT2D eigenvalue weighted by atomic mass is 127. The van der Waals surface area contributed by atoms with Gasteiger partial charge in [0.05, 0.1) is 22.2 Å². The van der Waals surface area contributed by atoms with Gasteiger partial charge in [-0.05, 0) is 96.9 Å². The quantitative estimate of drug-likeness (QED) is 0.259. The molecule has 0 aliphatic rings. The maximum absolute atomic E-state index is 12.9. The first-order valence-corrected chi connectivity index (χ1v) is 15.6. The molecule has 182 valence electrons. The number of ether oxygens (including phenoxy) is 1. The zero-order chi connectivity index (χ0) is 25.2. The third-order valence-electron chi connectivity index (χ3n) is 5.70. The van der Waals surface area contributed by atoms with Gasteiger partial charge in [-0.3, -0.25) is 0 Å². The summed E-state index contributed by atoms with van der Waals surface area (Å²) in [5, 5.41) is 3.90. The maximum atomic E-state index is 12.9. The summed E-state index contributed by atoms with van der Waals surface area (Å²) in [4.78, 5) is 12.9. The number of hydrogen-bond donors (Lipinski definition) is 1. The summed E-state index contributed by atoms with van der Waals surface area (Å²) in [7, 11) is -2.24. The van der Waals surface area contributed by atoms with Crippen molar-refractivity contribution in [2.45, 2.75) is 77.4 Å². The van der Waals surface area contributed by atoms with E-state index < -0.39 is 32.2 Å². The Kier molecular flexibility index (Phi) is 9.35. The van der Waals surface area contributed by atoms with Crippen LogP contribution < -0.4 is 5.32 Å². The van der Waals surface area contributed by atoms with Gasteiger partial charge < -0.3 is 14.5 Å². The van der Waals surface area contributed by atoms with Gasteiger partial charge in [-0.25, -0.2) is 4.79 Å². The van der Waals surface area contributed by atoms with Gasteiger partial charge in [0, 0.05) is 3.57 Å². The predicted octanol–water partition coefficient (Wildman–Crippen LogP) is 8.93. The molecule has 0 fully saturated rings. The zero-order valence-corrected chi connectivity index (χ0v) is 25.2. The third-order valence-corrected chi connectivity index (χ3v) is 11.6. The smallest absolute Gasteiger partial charge is 0.408 e. The van der Waals surface area contributed by atoms with Crippen LogP contribution in [0.5, 0.6) is 0 Å². The fourth-order valence-electron chi connectivity index (χ4n) is 2.95. The molecule has 2 aromatic carbocycles. The third kappa shape index (κ3) is 8.13. The zero-order valence-electron chi connectivity index (χ0n) is 20.6. The summed E-state index contributed by atoms with van der Waals surface area (Å²) < 4.78 is 13.6. The molecule has 0 radical (unpaired) electrons. The molecular weight excluding hydrogens is 588 g/mol. The molecular formula is C25H34Cl2INO3Si. The summed E-state index contributed by atoms with van der Waals surface area (Å²) in [6.07, 6.45) is -0.972. The lowest BCUT2D eigenvalue weighted by Crippen LogP contribution is -2.45. The van der Waals surface area contributed by atoms with Gasteiger partial charge in [0.2, 0.25) is 0 Å². The molecule has 0 spiro atoms. The van der Waals surface area contributed by atoms with Crippen molar-refractivity contribution in [2.24, 2.45) is 0 Å². The summed E-state index contributed by atoms with van der Waals surface area (Å²) in [6.45, 7) is 16.5. The normalized spacial score (nSPS) is 14.5. The van der Waals surface area contributed by atoms with E-state index in [1.165, 1.54) is 0 Å². The molecule has 2 unspecified atom stereocenters. The lowest BCUT2D eigenvalue weighted by Gasteiger charge is -2.42. The SMILES string of the molecule is CC(C)(C)OC(=O)NC(c1ccc(Cl)c(Cl)c1)C(O[Si](C)(C)C(C)(C)C)c1ccc(I)cc1. The molecule has 2 aromatic rings. The first-order valence-electron chi connectivity index (χ1n) is 10.9. The number of hydrogen-bond acceptors (Lipinski definition) is 3. The van der Waals surface area contributed by atoms with Crippen molar-refractivity contribution in [3.63, 3.8) is 0 Å². The second kappa shape index (κ2) is 10.9. The van der Waals surface area contributed by atoms with Crippen molar-refractivity contribution in [1.82, 2.24) is 5.32 Å². The minimum atomic E-state index is -2.24. The van der Waals surface area contributed by atoms with E-state index in [4.69, 9.17) is 32.4 Å². The van der Waals surface area contributed by atoms with E-state index in [-0.39, 0.29) is 5.04 Å². The average molecular weight is 622 g/mol. The molecule has 2 atom stereocenters. The minimum Gasteiger partial charge on any atom is -0.444 e. The van der Waals surface area contributed by atoms with Gasteiger partial charge in [0.1, 0.15) is 5.60 Å². The van der Waals surface area contributed by atoms with E-state index in [1.54, 1.807) is 12.1 Å². The molecule has 33 heavy (non-hydrogen) atoms. The van der Waals surface area contributed by atoms with Gasteiger partial charge >= 0.3 is 6.09 Å². The Labute approximate surface area is 223 Å². The molecule has 0 aromatic heterocycles. The van der Waals surface area contributed by atoms with Gasteiger partial charge in [0.25, 0.3) is 0 Å². The molecule has 0 aliphatic heterocycles. The molecule has 1 N–H and O–H groups in total. The van der Waals surface area contributed by atoms with E-state index in [9.17, 15) is 4.79 Å². The van der Waals surface area contributed by atoms with E-state index in [1.807, 2.05) is 51.1 Å². The van der Waals surface area contributed by atoms with Crippen molar-refractivity contribution in [1.29, 1.82) is 0 Å².